The first-order valence-electron chi connectivity index (χ1n) is 5.33. The number of esters is 1. The number of aliphatic carboxylic acids is 1. The van der Waals surface area contributed by atoms with Gasteiger partial charge in [-0.15, -0.1) is 11.8 Å². The Morgan fingerprint density at radius 2 is 2.12 bits per heavy atom. The van der Waals surface area contributed by atoms with Gasteiger partial charge in [0, 0.05) is 5.57 Å². The summed E-state index contributed by atoms with van der Waals surface area (Å²) in [6.07, 6.45) is 3.19. The van der Waals surface area contributed by atoms with Gasteiger partial charge in [0.2, 0.25) is 0 Å². The summed E-state index contributed by atoms with van der Waals surface area (Å²) in [5.74, 6) is -1.12. The number of hydrogen-bond donors (Lipinski definition) is 1. The number of rotatable bonds is 4. The molecule has 0 aliphatic heterocycles. The zero-order chi connectivity index (χ0) is 13.0. The van der Waals surface area contributed by atoms with Gasteiger partial charge >= 0.3 is 11.9 Å². The normalized spacial score (nSPS) is 17.5. The maximum atomic E-state index is 11.4. The van der Waals surface area contributed by atoms with Crippen LogP contribution in [0.25, 0.3) is 0 Å². The second-order valence-corrected chi connectivity index (χ2v) is 5.33. The molecule has 0 aromatic rings. The third-order valence-electron chi connectivity index (χ3n) is 2.58. The molecular weight excluding hydrogens is 240 g/mol. The van der Waals surface area contributed by atoms with E-state index in [1.54, 1.807) is 6.92 Å². The Kier molecular flexibility index (Phi) is 4.81. The van der Waals surface area contributed by atoms with Crippen LogP contribution in [0.15, 0.2) is 22.1 Å². The molecule has 0 saturated heterocycles. The van der Waals surface area contributed by atoms with Gasteiger partial charge in [0.1, 0.15) is 5.25 Å². The van der Waals surface area contributed by atoms with E-state index in [-0.39, 0.29) is 5.97 Å². The van der Waals surface area contributed by atoms with E-state index in [0.717, 1.165) is 10.5 Å². The molecule has 5 heteroatoms. The number of hydrogen-bond acceptors (Lipinski definition) is 4. The molecule has 17 heavy (non-hydrogen) atoms. The van der Waals surface area contributed by atoms with E-state index in [2.05, 4.69) is 4.74 Å². The summed E-state index contributed by atoms with van der Waals surface area (Å²) in [5.41, 5.74) is 1.54. The van der Waals surface area contributed by atoms with E-state index in [1.165, 1.54) is 18.9 Å². The Labute approximate surface area is 105 Å². The van der Waals surface area contributed by atoms with Crippen LogP contribution in [-0.4, -0.2) is 29.4 Å². The van der Waals surface area contributed by atoms with Crippen LogP contribution in [-0.2, 0) is 14.3 Å². The molecule has 1 aliphatic rings. The first kappa shape index (κ1) is 13.8. The molecule has 1 rings (SSSR count). The lowest BCUT2D eigenvalue weighted by atomic mass is 9.99. The van der Waals surface area contributed by atoms with Gasteiger partial charge in [-0.25, -0.2) is 4.79 Å². The highest BCUT2D eigenvalue weighted by Gasteiger charge is 2.20. The lowest BCUT2D eigenvalue weighted by molar-refractivity contribution is -0.137. The standard InChI is InChI=1S/C12H16O4S/c1-7-6-9(17-8(2)11(13)14)4-5-10(7)12(15)16-3/h6,8H,4-5H2,1-3H3,(H,13,14). The molecule has 0 fully saturated rings. The summed E-state index contributed by atoms with van der Waals surface area (Å²) in [4.78, 5) is 23.1. The van der Waals surface area contributed by atoms with Crippen molar-refractivity contribution >= 4 is 23.7 Å². The Balaban J connectivity index is 2.78. The van der Waals surface area contributed by atoms with Crippen LogP contribution in [0.4, 0.5) is 0 Å². The lowest BCUT2D eigenvalue weighted by Gasteiger charge is -2.17. The molecule has 0 aromatic heterocycles. The van der Waals surface area contributed by atoms with Crippen LogP contribution in [0.1, 0.15) is 26.7 Å². The van der Waals surface area contributed by atoms with Crippen molar-refractivity contribution in [2.75, 3.05) is 7.11 Å². The smallest absolute Gasteiger partial charge is 0.333 e. The topological polar surface area (TPSA) is 63.6 Å². The van der Waals surface area contributed by atoms with Crippen molar-refractivity contribution in [1.29, 1.82) is 0 Å². The molecule has 0 bridgehead atoms. The summed E-state index contributed by atoms with van der Waals surface area (Å²) in [7, 11) is 1.36. The minimum Gasteiger partial charge on any atom is -0.480 e. The van der Waals surface area contributed by atoms with Gasteiger partial charge in [0.25, 0.3) is 0 Å². The van der Waals surface area contributed by atoms with Crippen LogP contribution in [0.2, 0.25) is 0 Å². The fourth-order valence-corrected chi connectivity index (χ4v) is 2.62. The van der Waals surface area contributed by atoms with E-state index < -0.39 is 11.2 Å². The predicted octanol–water partition coefficient (Wildman–Crippen LogP) is 2.36. The molecule has 1 atom stereocenters. The molecule has 0 saturated carbocycles. The van der Waals surface area contributed by atoms with Crippen molar-refractivity contribution in [3.8, 4) is 0 Å². The number of thioether (sulfide) groups is 1. The number of carbonyl (C=O) groups excluding carboxylic acids is 1. The molecule has 0 spiro atoms. The maximum Gasteiger partial charge on any atom is 0.333 e. The molecule has 1 N–H and O–H groups in total. The average molecular weight is 256 g/mol. The average Bonchev–Trinajstić information content (AvgIpc) is 2.28. The minimum atomic E-state index is -0.823. The maximum absolute atomic E-state index is 11.4. The Morgan fingerprint density at radius 1 is 1.47 bits per heavy atom. The molecule has 4 nitrogen and oxygen atoms in total. The molecule has 94 valence electrons. The van der Waals surface area contributed by atoms with Gasteiger partial charge in [-0.05, 0) is 43.2 Å². The fourth-order valence-electron chi connectivity index (χ4n) is 1.60. The van der Waals surface area contributed by atoms with Crippen molar-refractivity contribution in [3.63, 3.8) is 0 Å². The SMILES string of the molecule is COC(=O)C1=C(C)C=C(SC(C)C(=O)O)CC1. The van der Waals surface area contributed by atoms with E-state index >= 15 is 0 Å². The zero-order valence-corrected chi connectivity index (χ0v) is 11.0. The molecular formula is C12H16O4S. The first-order valence-corrected chi connectivity index (χ1v) is 6.21. The van der Waals surface area contributed by atoms with Gasteiger partial charge in [-0.1, -0.05) is 0 Å². The van der Waals surface area contributed by atoms with Crippen LogP contribution >= 0.6 is 11.8 Å². The van der Waals surface area contributed by atoms with Crippen LogP contribution in [0.5, 0.6) is 0 Å². The Morgan fingerprint density at radius 3 is 2.59 bits per heavy atom. The van der Waals surface area contributed by atoms with Gasteiger partial charge < -0.3 is 9.84 Å². The quantitative estimate of drug-likeness (QED) is 0.782. The molecule has 1 aliphatic carbocycles. The fraction of sp³-hybridized carbons (Fsp3) is 0.500. The second-order valence-electron chi connectivity index (χ2n) is 3.86. The zero-order valence-electron chi connectivity index (χ0n) is 10.1. The van der Waals surface area contributed by atoms with Crippen LogP contribution < -0.4 is 0 Å². The highest BCUT2D eigenvalue weighted by atomic mass is 32.2. The molecule has 0 amide bonds. The van der Waals surface area contributed by atoms with E-state index in [9.17, 15) is 9.59 Å². The summed E-state index contributed by atoms with van der Waals surface area (Å²) < 4.78 is 4.69. The van der Waals surface area contributed by atoms with Crippen molar-refractivity contribution in [3.05, 3.63) is 22.1 Å². The Bertz CT molecular complexity index is 395. The van der Waals surface area contributed by atoms with Crippen LogP contribution in [0, 0.1) is 0 Å². The summed E-state index contributed by atoms with van der Waals surface area (Å²) in [6.45, 7) is 3.50. The number of allylic oxidation sites excluding steroid dienone is 3. The highest BCUT2D eigenvalue weighted by molar-refractivity contribution is 8.04. The van der Waals surface area contributed by atoms with Gasteiger partial charge in [0.15, 0.2) is 0 Å². The van der Waals surface area contributed by atoms with Crippen molar-refractivity contribution in [2.24, 2.45) is 0 Å². The van der Waals surface area contributed by atoms with Gasteiger partial charge in [0.05, 0.1) is 7.11 Å². The van der Waals surface area contributed by atoms with Crippen molar-refractivity contribution in [2.45, 2.75) is 31.9 Å². The van der Waals surface area contributed by atoms with E-state index in [4.69, 9.17) is 5.11 Å². The van der Waals surface area contributed by atoms with Crippen molar-refractivity contribution < 1.29 is 19.4 Å². The van der Waals surface area contributed by atoms with E-state index in [1.807, 2.05) is 13.0 Å². The second kappa shape index (κ2) is 5.91. The summed E-state index contributed by atoms with van der Waals surface area (Å²) in [6, 6.07) is 0. The predicted molar refractivity (Wildman–Crippen MR) is 66.7 cm³/mol. The Hall–Kier alpha value is -1.23. The van der Waals surface area contributed by atoms with Gasteiger partial charge in [-0.2, -0.15) is 0 Å². The molecule has 0 aromatic carbocycles. The monoisotopic (exact) mass is 256 g/mol. The first-order chi connectivity index (χ1) is 7.95. The molecule has 0 radical (unpaired) electrons. The minimum absolute atomic E-state index is 0.297. The largest absolute Gasteiger partial charge is 0.480 e. The summed E-state index contributed by atoms with van der Waals surface area (Å²) >= 11 is 1.33. The number of methoxy groups -OCH3 is 1. The number of carbonyl (C=O) groups is 2. The third-order valence-corrected chi connectivity index (χ3v) is 3.76. The molecule has 1 unspecified atom stereocenters. The van der Waals surface area contributed by atoms with E-state index in [0.29, 0.717) is 18.4 Å². The summed E-state index contributed by atoms with van der Waals surface area (Å²) in [5, 5.41) is 8.36. The number of ether oxygens (including phenoxy) is 1. The molecule has 0 heterocycles. The van der Waals surface area contributed by atoms with Crippen molar-refractivity contribution in [1.82, 2.24) is 0 Å². The van der Waals surface area contributed by atoms with Gasteiger partial charge in [-0.3, -0.25) is 4.79 Å². The lowest BCUT2D eigenvalue weighted by Crippen LogP contribution is -2.13. The number of carboxylic acids is 1. The van der Waals surface area contributed by atoms with Crippen LogP contribution in [0.3, 0.4) is 0 Å². The third kappa shape index (κ3) is 3.63. The number of carboxylic acid groups (broad SMARTS) is 1. The highest BCUT2D eigenvalue weighted by Crippen LogP contribution is 2.33.